The largest absolute Gasteiger partial charge is 0.416 e. The van der Waals surface area contributed by atoms with Gasteiger partial charge < -0.3 is 4.90 Å². The number of carbonyl (C=O) groups is 1. The van der Waals surface area contributed by atoms with Crippen molar-refractivity contribution in [1.82, 2.24) is 9.78 Å². The van der Waals surface area contributed by atoms with E-state index >= 15 is 0 Å². The fraction of sp³-hybridized carbons (Fsp3) is 0.333. The SMILES string of the molecule is Cc1cc(C(=O)N2CCSc3ccc(C(F)(F)F)cc32)n(C)n1. The van der Waals surface area contributed by atoms with Gasteiger partial charge in [0.05, 0.1) is 16.9 Å². The van der Waals surface area contributed by atoms with Crippen LogP contribution in [0.3, 0.4) is 0 Å². The van der Waals surface area contributed by atoms with E-state index in [2.05, 4.69) is 5.10 Å². The van der Waals surface area contributed by atoms with Crippen LogP contribution in [-0.2, 0) is 13.2 Å². The number of carbonyl (C=O) groups excluding carboxylic acids is 1. The van der Waals surface area contributed by atoms with E-state index in [4.69, 9.17) is 0 Å². The lowest BCUT2D eigenvalue weighted by Gasteiger charge is -2.29. The lowest BCUT2D eigenvalue weighted by molar-refractivity contribution is -0.137. The Balaban J connectivity index is 2.03. The number of rotatable bonds is 1. The van der Waals surface area contributed by atoms with Crippen LogP contribution in [0.5, 0.6) is 0 Å². The Hall–Kier alpha value is -1.96. The van der Waals surface area contributed by atoms with E-state index in [0.29, 0.717) is 34.3 Å². The third-order valence-electron chi connectivity index (χ3n) is 3.62. The maximum atomic E-state index is 13.0. The molecule has 2 heterocycles. The molecule has 0 atom stereocenters. The minimum atomic E-state index is -4.44. The molecule has 23 heavy (non-hydrogen) atoms. The highest BCUT2D eigenvalue weighted by atomic mass is 32.2. The second-order valence-electron chi connectivity index (χ2n) is 5.28. The summed E-state index contributed by atoms with van der Waals surface area (Å²) in [5, 5.41) is 4.12. The molecule has 0 saturated carbocycles. The molecule has 0 spiro atoms. The predicted octanol–water partition coefficient (Wildman–Crippen LogP) is 3.50. The molecule has 122 valence electrons. The third kappa shape index (κ3) is 2.95. The van der Waals surface area contributed by atoms with Crippen LogP contribution >= 0.6 is 11.8 Å². The van der Waals surface area contributed by atoms with E-state index < -0.39 is 11.7 Å². The molecule has 2 aromatic rings. The zero-order chi connectivity index (χ0) is 16.8. The van der Waals surface area contributed by atoms with Crippen molar-refractivity contribution in [2.45, 2.75) is 18.0 Å². The second-order valence-corrected chi connectivity index (χ2v) is 6.42. The topological polar surface area (TPSA) is 38.1 Å². The Labute approximate surface area is 135 Å². The van der Waals surface area contributed by atoms with Crippen molar-refractivity contribution in [3.8, 4) is 0 Å². The second kappa shape index (κ2) is 5.59. The molecule has 0 radical (unpaired) electrons. The number of nitrogens with zero attached hydrogens (tertiary/aromatic N) is 3. The first-order chi connectivity index (χ1) is 10.8. The average Bonchev–Trinajstić information content (AvgIpc) is 2.83. The fourth-order valence-electron chi connectivity index (χ4n) is 2.55. The maximum Gasteiger partial charge on any atom is 0.416 e. The number of fused-ring (bicyclic) bond motifs is 1. The summed E-state index contributed by atoms with van der Waals surface area (Å²) in [6.45, 7) is 2.13. The molecular formula is C15H14F3N3OS. The minimum absolute atomic E-state index is 0.305. The molecule has 8 heteroatoms. The van der Waals surface area contributed by atoms with Gasteiger partial charge >= 0.3 is 6.18 Å². The lowest BCUT2D eigenvalue weighted by atomic mass is 10.1. The van der Waals surface area contributed by atoms with Crippen LogP contribution in [0.15, 0.2) is 29.2 Å². The van der Waals surface area contributed by atoms with Gasteiger partial charge in [-0.1, -0.05) is 0 Å². The molecule has 0 fully saturated rings. The summed E-state index contributed by atoms with van der Waals surface area (Å²) in [4.78, 5) is 14.8. The summed E-state index contributed by atoms with van der Waals surface area (Å²) in [5.41, 5.74) is 0.599. The van der Waals surface area contributed by atoms with Gasteiger partial charge in [0.2, 0.25) is 0 Å². The van der Waals surface area contributed by atoms with Crippen molar-refractivity contribution >= 4 is 23.4 Å². The predicted molar refractivity (Wildman–Crippen MR) is 81.8 cm³/mol. The third-order valence-corrected chi connectivity index (χ3v) is 4.66. The molecule has 1 aromatic carbocycles. The minimum Gasteiger partial charge on any atom is -0.305 e. The van der Waals surface area contributed by atoms with Crippen molar-refractivity contribution in [2.24, 2.45) is 7.05 Å². The highest BCUT2D eigenvalue weighted by Crippen LogP contribution is 2.40. The molecule has 0 saturated heterocycles. The van der Waals surface area contributed by atoms with Gasteiger partial charge in [0.15, 0.2) is 0 Å². The van der Waals surface area contributed by atoms with E-state index in [1.54, 1.807) is 20.0 Å². The summed E-state index contributed by atoms with van der Waals surface area (Å²) in [6, 6.07) is 5.16. The normalized spacial score (nSPS) is 14.7. The van der Waals surface area contributed by atoms with Crippen LogP contribution in [0.1, 0.15) is 21.7 Å². The summed E-state index contributed by atoms with van der Waals surface area (Å²) in [7, 11) is 1.64. The van der Waals surface area contributed by atoms with Crippen molar-refractivity contribution in [1.29, 1.82) is 0 Å². The smallest absolute Gasteiger partial charge is 0.305 e. The van der Waals surface area contributed by atoms with Crippen molar-refractivity contribution < 1.29 is 18.0 Å². The fourth-order valence-corrected chi connectivity index (χ4v) is 3.53. The number of hydrogen-bond acceptors (Lipinski definition) is 3. The van der Waals surface area contributed by atoms with Gasteiger partial charge in [-0.2, -0.15) is 18.3 Å². The summed E-state index contributed by atoms with van der Waals surface area (Å²) in [6.07, 6.45) is -4.44. The molecule has 1 amide bonds. The molecule has 0 bridgehead atoms. The Morgan fingerprint density at radius 3 is 2.65 bits per heavy atom. The summed E-state index contributed by atoms with van der Waals surface area (Å²) in [5.74, 6) is 0.301. The first kappa shape index (κ1) is 15.9. The zero-order valence-corrected chi connectivity index (χ0v) is 13.3. The molecule has 0 aliphatic carbocycles. The molecule has 4 nitrogen and oxygen atoms in total. The number of thioether (sulfide) groups is 1. The number of aromatic nitrogens is 2. The summed E-state index contributed by atoms with van der Waals surface area (Å²) < 4.78 is 40.3. The Morgan fingerprint density at radius 1 is 1.30 bits per heavy atom. The number of amides is 1. The van der Waals surface area contributed by atoms with E-state index in [-0.39, 0.29) is 5.91 Å². The zero-order valence-electron chi connectivity index (χ0n) is 12.5. The van der Waals surface area contributed by atoms with Gasteiger partial charge in [-0.15, -0.1) is 11.8 Å². The van der Waals surface area contributed by atoms with E-state index in [0.717, 1.165) is 12.1 Å². The maximum absolute atomic E-state index is 13.0. The number of alkyl halides is 3. The number of aryl methyl sites for hydroxylation is 2. The molecule has 1 aliphatic heterocycles. The van der Waals surface area contributed by atoms with Crippen molar-refractivity contribution in [3.63, 3.8) is 0 Å². The Morgan fingerprint density at radius 2 is 2.04 bits per heavy atom. The molecule has 0 unspecified atom stereocenters. The average molecular weight is 341 g/mol. The van der Waals surface area contributed by atoms with Crippen LogP contribution in [0.2, 0.25) is 0 Å². The number of benzene rings is 1. The van der Waals surface area contributed by atoms with Crippen molar-refractivity contribution in [3.05, 3.63) is 41.2 Å². The monoisotopic (exact) mass is 341 g/mol. The van der Waals surface area contributed by atoms with E-state index in [1.807, 2.05) is 0 Å². The number of hydrogen-bond donors (Lipinski definition) is 0. The lowest BCUT2D eigenvalue weighted by Crippen LogP contribution is -2.36. The van der Waals surface area contributed by atoms with Gasteiger partial charge in [-0.25, -0.2) is 0 Å². The van der Waals surface area contributed by atoms with E-state index in [1.165, 1.54) is 27.4 Å². The van der Waals surface area contributed by atoms with Gasteiger partial charge in [0.1, 0.15) is 5.69 Å². The molecule has 1 aromatic heterocycles. The van der Waals surface area contributed by atoms with E-state index in [9.17, 15) is 18.0 Å². The van der Waals surface area contributed by atoms with Crippen LogP contribution in [0.25, 0.3) is 0 Å². The van der Waals surface area contributed by atoms with Crippen LogP contribution in [0, 0.1) is 6.92 Å². The first-order valence-electron chi connectivity index (χ1n) is 6.94. The van der Waals surface area contributed by atoms with Gasteiger partial charge in [0.25, 0.3) is 5.91 Å². The molecule has 1 aliphatic rings. The van der Waals surface area contributed by atoms with Gasteiger partial charge in [-0.05, 0) is 31.2 Å². The molecule has 3 rings (SSSR count). The Bertz CT molecular complexity index is 770. The van der Waals surface area contributed by atoms with Crippen LogP contribution in [-0.4, -0.2) is 28.0 Å². The number of anilines is 1. The first-order valence-corrected chi connectivity index (χ1v) is 7.92. The Kier molecular flexibility index (Phi) is 3.87. The molecule has 0 N–H and O–H groups in total. The highest BCUT2D eigenvalue weighted by molar-refractivity contribution is 7.99. The highest BCUT2D eigenvalue weighted by Gasteiger charge is 2.33. The van der Waals surface area contributed by atoms with Gasteiger partial charge in [0, 0.05) is 24.2 Å². The van der Waals surface area contributed by atoms with Crippen molar-refractivity contribution in [2.75, 3.05) is 17.2 Å². The molecular weight excluding hydrogens is 327 g/mol. The standard InChI is InChI=1S/C15H14F3N3OS/c1-9-7-12(20(2)19-9)14(22)21-5-6-23-13-4-3-10(8-11(13)21)15(16,17)18/h3-4,7-8H,5-6H2,1-2H3. The number of halogens is 3. The quantitative estimate of drug-likeness (QED) is 0.797. The summed E-state index contributed by atoms with van der Waals surface area (Å²) >= 11 is 1.45. The van der Waals surface area contributed by atoms with Crippen LogP contribution in [0.4, 0.5) is 18.9 Å². The van der Waals surface area contributed by atoms with Gasteiger partial charge in [-0.3, -0.25) is 9.48 Å². The van der Waals surface area contributed by atoms with Crippen LogP contribution < -0.4 is 4.90 Å².